The summed E-state index contributed by atoms with van der Waals surface area (Å²) >= 11 is 1.64. The first-order valence-electron chi connectivity index (χ1n) is 11.2. The van der Waals surface area contributed by atoms with Gasteiger partial charge in [0.25, 0.3) is 0 Å². The van der Waals surface area contributed by atoms with Crippen LogP contribution in [0.25, 0.3) is 55.7 Å². The van der Waals surface area contributed by atoms with Crippen molar-refractivity contribution in [2.45, 2.75) is 13.8 Å². The summed E-state index contributed by atoms with van der Waals surface area (Å²) in [7, 11) is 0. The van der Waals surface area contributed by atoms with Crippen molar-refractivity contribution in [3.63, 3.8) is 0 Å². The second-order valence-corrected chi connectivity index (χ2v) is 9.40. The molecule has 0 spiro atoms. The molecule has 0 atom stereocenters. The molecule has 8 nitrogen and oxygen atoms in total. The van der Waals surface area contributed by atoms with E-state index < -0.39 is 0 Å². The van der Waals surface area contributed by atoms with E-state index in [1.165, 1.54) is 0 Å². The van der Waals surface area contributed by atoms with Crippen LogP contribution in [0.1, 0.15) is 13.8 Å². The van der Waals surface area contributed by atoms with Gasteiger partial charge in [-0.05, 0) is 46.2 Å². The molecule has 9 heteroatoms. The van der Waals surface area contributed by atoms with Crippen LogP contribution in [0.4, 0.5) is 5.69 Å². The van der Waals surface area contributed by atoms with Crippen molar-refractivity contribution in [3.8, 4) is 33.8 Å². The SMILES string of the molecule is CC(C)C(=O)Nc1cncc(-c2ccc3[nH]nc(-c4nc5c(-c6ccsc6)cncc5[nH]4)c3c2)c1. The van der Waals surface area contributed by atoms with Crippen molar-refractivity contribution in [2.75, 3.05) is 5.32 Å². The monoisotopic (exact) mass is 479 g/mol. The van der Waals surface area contributed by atoms with Crippen molar-refractivity contribution >= 4 is 44.9 Å². The third-order valence-corrected chi connectivity index (χ3v) is 6.56. The van der Waals surface area contributed by atoms with E-state index in [9.17, 15) is 4.79 Å². The van der Waals surface area contributed by atoms with Gasteiger partial charge in [0, 0.05) is 34.8 Å². The minimum atomic E-state index is -0.109. The minimum Gasteiger partial charge on any atom is -0.335 e. The van der Waals surface area contributed by atoms with Gasteiger partial charge in [0.1, 0.15) is 11.2 Å². The standard InChI is InChI=1S/C26H21N7OS/c1-14(2)26(34)29-18-7-17(9-27-10-18)15-3-4-21-19(8-15)24(33-32-21)25-30-22-12-28-11-20(23(22)31-25)16-5-6-35-13-16/h3-14H,1-2H3,(H,29,34)(H,30,31)(H,32,33). The number of fused-ring (bicyclic) bond motifs is 2. The molecule has 35 heavy (non-hydrogen) atoms. The number of amides is 1. The van der Waals surface area contributed by atoms with Crippen LogP contribution in [0.15, 0.2) is 65.9 Å². The van der Waals surface area contributed by atoms with Gasteiger partial charge in [0.05, 0.1) is 29.1 Å². The number of nitrogens with one attached hydrogen (secondary N) is 3. The number of carbonyl (C=O) groups is 1. The Bertz CT molecular complexity index is 1680. The second kappa shape index (κ2) is 8.44. The Labute approximate surface area is 204 Å². The highest BCUT2D eigenvalue weighted by molar-refractivity contribution is 7.08. The van der Waals surface area contributed by atoms with Gasteiger partial charge in [-0.15, -0.1) is 0 Å². The van der Waals surface area contributed by atoms with Gasteiger partial charge >= 0.3 is 0 Å². The van der Waals surface area contributed by atoms with Gasteiger partial charge in [-0.2, -0.15) is 16.4 Å². The number of carbonyl (C=O) groups excluding carboxylic acids is 1. The number of anilines is 1. The molecule has 0 saturated heterocycles. The van der Waals surface area contributed by atoms with Gasteiger partial charge < -0.3 is 10.3 Å². The molecule has 0 aliphatic rings. The first-order valence-corrected chi connectivity index (χ1v) is 12.1. The Hall–Kier alpha value is -4.37. The quantitative estimate of drug-likeness (QED) is 0.286. The molecule has 0 bridgehead atoms. The zero-order valence-electron chi connectivity index (χ0n) is 19.0. The second-order valence-electron chi connectivity index (χ2n) is 8.62. The van der Waals surface area contributed by atoms with Crippen LogP contribution in [-0.2, 0) is 4.79 Å². The lowest BCUT2D eigenvalue weighted by Crippen LogP contribution is -2.17. The molecule has 0 unspecified atom stereocenters. The number of hydrogen-bond donors (Lipinski definition) is 3. The Morgan fingerprint density at radius 1 is 0.971 bits per heavy atom. The van der Waals surface area contributed by atoms with Crippen molar-refractivity contribution in [1.29, 1.82) is 0 Å². The van der Waals surface area contributed by atoms with E-state index in [4.69, 9.17) is 4.98 Å². The van der Waals surface area contributed by atoms with Gasteiger partial charge in [0.2, 0.25) is 5.91 Å². The molecule has 3 N–H and O–H groups in total. The van der Waals surface area contributed by atoms with E-state index in [-0.39, 0.29) is 11.8 Å². The topological polar surface area (TPSA) is 112 Å². The first-order chi connectivity index (χ1) is 17.1. The van der Waals surface area contributed by atoms with Crippen LogP contribution in [0.3, 0.4) is 0 Å². The number of thiophene rings is 1. The number of benzene rings is 1. The Morgan fingerprint density at radius 2 is 1.86 bits per heavy atom. The zero-order chi connectivity index (χ0) is 23.9. The lowest BCUT2D eigenvalue weighted by atomic mass is 10.0. The van der Waals surface area contributed by atoms with Crippen LogP contribution in [0.2, 0.25) is 0 Å². The predicted octanol–water partition coefficient (Wildman–Crippen LogP) is 5.89. The van der Waals surface area contributed by atoms with E-state index >= 15 is 0 Å². The summed E-state index contributed by atoms with van der Waals surface area (Å²) in [4.78, 5) is 29.1. The summed E-state index contributed by atoms with van der Waals surface area (Å²) in [5.41, 5.74) is 7.95. The lowest BCUT2D eigenvalue weighted by Gasteiger charge is -2.09. The summed E-state index contributed by atoms with van der Waals surface area (Å²) in [5.74, 6) is 0.518. The molecular formula is C26H21N7OS. The average Bonchev–Trinajstić information content (AvgIpc) is 3.62. The maximum Gasteiger partial charge on any atom is 0.226 e. The van der Waals surface area contributed by atoms with Gasteiger partial charge in [-0.25, -0.2) is 4.98 Å². The number of aromatic nitrogens is 6. The number of nitrogens with zero attached hydrogens (tertiary/aromatic N) is 4. The number of imidazole rings is 1. The van der Waals surface area contributed by atoms with Gasteiger partial charge in [-0.1, -0.05) is 19.9 Å². The molecule has 0 saturated carbocycles. The molecule has 0 aliphatic carbocycles. The summed E-state index contributed by atoms with van der Waals surface area (Å²) in [5, 5.41) is 15.6. The zero-order valence-corrected chi connectivity index (χ0v) is 19.9. The number of pyridine rings is 2. The lowest BCUT2D eigenvalue weighted by molar-refractivity contribution is -0.118. The van der Waals surface area contributed by atoms with Crippen molar-refractivity contribution in [2.24, 2.45) is 5.92 Å². The first kappa shape index (κ1) is 21.2. The van der Waals surface area contributed by atoms with E-state index in [1.807, 2.05) is 43.6 Å². The van der Waals surface area contributed by atoms with Crippen LogP contribution in [-0.4, -0.2) is 36.0 Å². The third kappa shape index (κ3) is 3.85. The third-order valence-electron chi connectivity index (χ3n) is 5.88. The van der Waals surface area contributed by atoms with Crippen molar-refractivity contribution in [3.05, 3.63) is 65.9 Å². The highest BCUT2D eigenvalue weighted by Gasteiger charge is 2.16. The van der Waals surface area contributed by atoms with Crippen LogP contribution in [0.5, 0.6) is 0 Å². The molecule has 1 aromatic carbocycles. The molecular weight excluding hydrogens is 458 g/mol. The van der Waals surface area contributed by atoms with Gasteiger partial charge in [-0.3, -0.25) is 19.9 Å². The van der Waals surface area contributed by atoms with Crippen LogP contribution in [0, 0.1) is 5.92 Å². The normalized spacial score (nSPS) is 11.5. The average molecular weight is 480 g/mol. The van der Waals surface area contributed by atoms with Crippen LogP contribution >= 0.6 is 11.3 Å². The number of H-pyrrole nitrogens is 2. The molecule has 5 heterocycles. The van der Waals surface area contributed by atoms with E-state index in [0.29, 0.717) is 11.5 Å². The molecule has 172 valence electrons. The van der Waals surface area contributed by atoms with Gasteiger partial charge in [0.15, 0.2) is 5.82 Å². The summed E-state index contributed by atoms with van der Waals surface area (Å²) in [6, 6.07) is 10.0. The molecule has 6 aromatic rings. The number of aromatic amines is 2. The molecule has 0 aliphatic heterocycles. The Balaban J connectivity index is 1.41. The fourth-order valence-electron chi connectivity index (χ4n) is 4.00. The molecule has 1 amide bonds. The fourth-order valence-corrected chi connectivity index (χ4v) is 4.66. The highest BCUT2D eigenvalue weighted by Crippen LogP contribution is 2.33. The minimum absolute atomic E-state index is 0.0438. The van der Waals surface area contributed by atoms with Crippen molar-refractivity contribution in [1.82, 2.24) is 30.1 Å². The largest absolute Gasteiger partial charge is 0.335 e. The van der Waals surface area contributed by atoms with E-state index in [0.717, 1.165) is 49.9 Å². The smallest absolute Gasteiger partial charge is 0.226 e. The maximum atomic E-state index is 12.1. The number of hydrogen-bond acceptors (Lipinski definition) is 6. The van der Waals surface area contributed by atoms with E-state index in [1.54, 1.807) is 29.9 Å². The Morgan fingerprint density at radius 3 is 2.69 bits per heavy atom. The van der Waals surface area contributed by atoms with Crippen LogP contribution < -0.4 is 5.32 Å². The highest BCUT2D eigenvalue weighted by atomic mass is 32.1. The van der Waals surface area contributed by atoms with E-state index in [2.05, 4.69) is 48.0 Å². The summed E-state index contributed by atoms with van der Waals surface area (Å²) in [6.45, 7) is 3.72. The Kier molecular flexibility index (Phi) is 5.11. The maximum absolute atomic E-state index is 12.1. The van der Waals surface area contributed by atoms with Crippen molar-refractivity contribution < 1.29 is 4.79 Å². The molecule has 5 aromatic heterocycles. The fraction of sp³-hybridized carbons (Fsp3) is 0.115. The number of rotatable bonds is 5. The summed E-state index contributed by atoms with van der Waals surface area (Å²) < 4.78 is 0. The molecule has 0 fully saturated rings. The predicted molar refractivity (Wildman–Crippen MR) is 139 cm³/mol. The molecule has 6 rings (SSSR count). The molecule has 0 radical (unpaired) electrons. The summed E-state index contributed by atoms with van der Waals surface area (Å²) in [6.07, 6.45) is 7.06.